The van der Waals surface area contributed by atoms with Crippen LogP contribution in [0.4, 0.5) is 10.8 Å². The average Bonchev–Trinajstić information content (AvgIpc) is 3.39. The third-order valence-electron chi connectivity index (χ3n) is 5.78. The summed E-state index contributed by atoms with van der Waals surface area (Å²) < 4.78 is 30.0. The molecule has 0 atom stereocenters. The smallest absolute Gasteiger partial charge is 0.243 e. The maximum absolute atomic E-state index is 13.7. The predicted molar refractivity (Wildman–Crippen MR) is 154 cm³/mol. The Morgan fingerprint density at radius 1 is 0.757 bits per heavy atom. The van der Waals surface area contributed by atoms with E-state index in [0.717, 1.165) is 36.9 Å². The minimum absolute atomic E-state index is 0.265. The number of benzene rings is 4. The highest BCUT2D eigenvalue weighted by Crippen LogP contribution is 2.32. The first kappa shape index (κ1) is 25.4. The first-order chi connectivity index (χ1) is 18.0. The molecular formula is C29H24BrN3O2S2. The third-order valence-corrected chi connectivity index (χ3v) is 9.08. The van der Waals surface area contributed by atoms with Crippen LogP contribution in [0.15, 0.2) is 125 Å². The Morgan fingerprint density at radius 2 is 1.32 bits per heavy atom. The molecule has 1 aromatic heterocycles. The van der Waals surface area contributed by atoms with Gasteiger partial charge in [-0.3, -0.25) is 0 Å². The number of thiazole rings is 1. The number of rotatable bonds is 9. The van der Waals surface area contributed by atoms with E-state index in [1.165, 1.54) is 15.6 Å². The summed E-state index contributed by atoms with van der Waals surface area (Å²) in [4.78, 5) is 5.69. The second kappa shape index (κ2) is 11.4. The van der Waals surface area contributed by atoms with Crippen LogP contribution >= 0.6 is 27.3 Å². The third kappa shape index (κ3) is 6.34. The van der Waals surface area contributed by atoms with Gasteiger partial charge in [0.15, 0.2) is 5.13 Å². The van der Waals surface area contributed by atoms with Gasteiger partial charge in [0.25, 0.3) is 0 Å². The Balaban J connectivity index is 1.37. The molecule has 0 aliphatic carbocycles. The van der Waals surface area contributed by atoms with Crippen molar-refractivity contribution in [2.24, 2.45) is 0 Å². The molecule has 0 aliphatic rings. The second-order valence-electron chi connectivity index (χ2n) is 8.43. The van der Waals surface area contributed by atoms with E-state index >= 15 is 0 Å². The van der Waals surface area contributed by atoms with E-state index in [1.807, 2.05) is 97.1 Å². The molecule has 4 aromatic carbocycles. The zero-order valence-corrected chi connectivity index (χ0v) is 23.0. The number of hydrogen-bond acceptors (Lipinski definition) is 5. The van der Waals surface area contributed by atoms with E-state index in [2.05, 4.69) is 26.2 Å². The first-order valence-electron chi connectivity index (χ1n) is 11.6. The van der Waals surface area contributed by atoms with Crippen LogP contribution in [0.1, 0.15) is 11.1 Å². The summed E-state index contributed by atoms with van der Waals surface area (Å²) in [6.45, 7) is 0.583. The Labute approximate surface area is 229 Å². The summed E-state index contributed by atoms with van der Waals surface area (Å²) in [5, 5.41) is 4.07. The van der Waals surface area contributed by atoms with Gasteiger partial charge in [0.1, 0.15) is 0 Å². The summed E-state index contributed by atoms with van der Waals surface area (Å²) >= 11 is 4.95. The molecule has 37 heavy (non-hydrogen) atoms. The van der Waals surface area contributed by atoms with Crippen LogP contribution < -0.4 is 5.32 Å². The Bertz CT molecular complexity index is 1510. The van der Waals surface area contributed by atoms with E-state index in [9.17, 15) is 8.42 Å². The lowest BCUT2D eigenvalue weighted by molar-refractivity contribution is 0.401. The summed E-state index contributed by atoms with van der Waals surface area (Å²) in [6.07, 6.45) is 1.80. The second-order valence-corrected chi connectivity index (χ2v) is 12.3. The maximum atomic E-state index is 13.7. The zero-order chi connectivity index (χ0) is 25.7. The number of halogens is 1. The van der Waals surface area contributed by atoms with Crippen molar-refractivity contribution >= 4 is 48.1 Å². The Hall–Kier alpha value is -3.30. The minimum atomic E-state index is -3.73. The van der Waals surface area contributed by atoms with Gasteiger partial charge in [0, 0.05) is 29.4 Å². The van der Waals surface area contributed by atoms with Gasteiger partial charge in [-0.1, -0.05) is 100 Å². The maximum Gasteiger partial charge on any atom is 0.243 e. The summed E-state index contributed by atoms with van der Waals surface area (Å²) in [5.74, 6) is 0. The lowest BCUT2D eigenvalue weighted by Gasteiger charge is -2.23. The highest BCUT2D eigenvalue weighted by Gasteiger charge is 2.25. The number of anilines is 2. The topological polar surface area (TPSA) is 62.3 Å². The molecule has 5 rings (SSSR count). The Kier molecular flexibility index (Phi) is 7.81. The van der Waals surface area contributed by atoms with Gasteiger partial charge in [-0.2, -0.15) is 4.31 Å². The molecule has 0 bridgehead atoms. The average molecular weight is 591 g/mol. The molecule has 1 N–H and O–H groups in total. The van der Waals surface area contributed by atoms with Crippen LogP contribution in [0.3, 0.4) is 0 Å². The van der Waals surface area contributed by atoms with Crippen molar-refractivity contribution in [3.05, 3.63) is 131 Å². The van der Waals surface area contributed by atoms with Crippen molar-refractivity contribution in [2.45, 2.75) is 18.0 Å². The van der Waals surface area contributed by atoms with Gasteiger partial charge in [-0.15, -0.1) is 0 Å². The molecule has 8 heteroatoms. The molecule has 0 spiro atoms. The monoisotopic (exact) mass is 589 g/mol. The van der Waals surface area contributed by atoms with Gasteiger partial charge in [0.2, 0.25) is 10.0 Å². The van der Waals surface area contributed by atoms with Crippen molar-refractivity contribution in [1.29, 1.82) is 0 Å². The van der Waals surface area contributed by atoms with E-state index in [-0.39, 0.29) is 4.90 Å². The normalized spacial score (nSPS) is 11.5. The molecule has 5 aromatic rings. The fourth-order valence-electron chi connectivity index (χ4n) is 3.86. The van der Waals surface area contributed by atoms with Gasteiger partial charge in [-0.25, -0.2) is 13.4 Å². The predicted octanol–water partition coefficient (Wildman–Crippen LogP) is 7.71. The molecule has 0 radical (unpaired) electrons. The van der Waals surface area contributed by atoms with Gasteiger partial charge < -0.3 is 5.32 Å². The molecule has 0 saturated carbocycles. The van der Waals surface area contributed by atoms with Gasteiger partial charge in [0.05, 0.1) is 9.77 Å². The first-order valence-corrected chi connectivity index (χ1v) is 14.7. The van der Waals surface area contributed by atoms with Crippen LogP contribution in [0.5, 0.6) is 0 Å². The standard InChI is InChI=1S/C29H24BrN3O2S2/c30-25-13-15-26(16-14-25)32-29-31-19-28(36-29)24-11-17-27(18-12-24)37(34,35)33(20-22-7-3-1-4-8-22)21-23-9-5-2-6-10-23/h1-19H,20-21H2,(H,31,32). The zero-order valence-electron chi connectivity index (χ0n) is 19.8. The molecule has 0 saturated heterocycles. The SMILES string of the molecule is O=S(=O)(c1ccc(-c2cnc(Nc3ccc(Br)cc3)s2)cc1)N(Cc1ccccc1)Cc1ccccc1. The number of nitrogens with zero attached hydrogens (tertiary/aromatic N) is 2. The van der Waals surface area contributed by atoms with Crippen molar-refractivity contribution in [3.8, 4) is 10.4 Å². The fourth-order valence-corrected chi connectivity index (χ4v) is 6.38. The number of nitrogens with one attached hydrogen (secondary N) is 1. The highest BCUT2D eigenvalue weighted by atomic mass is 79.9. The van der Waals surface area contributed by atoms with E-state index in [4.69, 9.17) is 0 Å². The lowest BCUT2D eigenvalue weighted by Crippen LogP contribution is -2.30. The van der Waals surface area contributed by atoms with Crippen molar-refractivity contribution in [3.63, 3.8) is 0 Å². The van der Waals surface area contributed by atoms with Crippen LogP contribution in [-0.2, 0) is 23.1 Å². The molecular weight excluding hydrogens is 566 g/mol. The highest BCUT2D eigenvalue weighted by molar-refractivity contribution is 9.10. The van der Waals surface area contributed by atoms with Crippen LogP contribution in [-0.4, -0.2) is 17.7 Å². The lowest BCUT2D eigenvalue weighted by atomic mass is 10.2. The van der Waals surface area contributed by atoms with E-state index in [0.29, 0.717) is 13.1 Å². The molecule has 1 heterocycles. The van der Waals surface area contributed by atoms with Crippen molar-refractivity contribution < 1.29 is 8.42 Å². The van der Waals surface area contributed by atoms with E-state index < -0.39 is 10.0 Å². The molecule has 0 amide bonds. The summed E-state index contributed by atoms with van der Waals surface area (Å²) in [6, 6.07) is 34.2. The molecule has 0 unspecified atom stereocenters. The summed E-state index contributed by atoms with van der Waals surface area (Å²) in [7, 11) is -3.73. The molecule has 5 nitrogen and oxygen atoms in total. The van der Waals surface area contributed by atoms with Crippen molar-refractivity contribution in [2.75, 3.05) is 5.32 Å². The van der Waals surface area contributed by atoms with Crippen LogP contribution in [0, 0.1) is 0 Å². The minimum Gasteiger partial charge on any atom is -0.332 e. The quantitative estimate of drug-likeness (QED) is 0.191. The number of hydrogen-bond donors (Lipinski definition) is 1. The number of sulfonamides is 1. The van der Waals surface area contributed by atoms with Crippen LogP contribution in [0.25, 0.3) is 10.4 Å². The van der Waals surface area contributed by atoms with Gasteiger partial charge >= 0.3 is 0 Å². The van der Waals surface area contributed by atoms with Crippen molar-refractivity contribution in [1.82, 2.24) is 9.29 Å². The molecule has 0 aliphatic heterocycles. The van der Waals surface area contributed by atoms with Crippen LogP contribution in [0.2, 0.25) is 0 Å². The largest absolute Gasteiger partial charge is 0.332 e. The number of aromatic nitrogens is 1. The molecule has 186 valence electrons. The Morgan fingerprint density at radius 3 is 1.89 bits per heavy atom. The van der Waals surface area contributed by atoms with Gasteiger partial charge in [-0.05, 0) is 53.1 Å². The summed E-state index contributed by atoms with van der Waals surface area (Å²) in [5.41, 5.74) is 3.74. The fraction of sp³-hybridized carbons (Fsp3) is 0.0690. The molecule has 0 fully saturated rings. The van der Waals surface area contributed by atoms with E-state index in [1.54, 1.807) is 18.3 Å².